The molecular weight excluding hydrogens is 318 g/mol. The van der Waals surface area contributed by atoms with Gasteiger partial charge >= 0.3 is 0 Å². The summed E-state index contributed by atoms with van der Waals surface area (Å²) in [5, 5.41) is 13.6. The van der Waals surface area contributed by atoms with Crippen LogP contribution in [0.15, 0.2) is 30.3 Å². The minimum Gasteiger partial charge on any atom is -0.348 e. The van der Waals surface area contributed by atoms with Gasteiger partial charge in [-0.15, -0.1) is 22.6 Å². The van der Waals surface area contributed by atoms with E-state index in [0.717, 1.165) is 10.4 Å². The van der Waals surface area contributed by atoms with E-state index >= 15 is 0 Å². The topological polar surface area (TPSA) is 98.7 Å². The van der Waals surface area contributed by atoms with Crippen LogP contribution in [0.3, 0.4) is 0 Å². The number of carbonyl (C=O) groups is 1. The maximum atomic E-state index is 12.9. The number of nitrogens with two attached hydrogens (primary N) is 1. The van der Waals surface area contributed by atoms with Gasteiger partial charge in [0.25, 0.3) is 5.92 Å². The van der Waals surface area contributed by atoms with Crippen molar-refractivity contribution in [2.75, 3.05) is 13.1 Å². The van der Waals surface area contributed by atoms with Gasteiger partial charge in [-0.1, -0.05) is 30.3 Å². The average molecular weight is 333 g/mol. The summed E-state index contributed by atoms with van der Waals surface area (Å²) in [5.41, 5.74) is 5.62. The van der Waals surface area contributed by atoms with Crippen LogP contribution in [0.4, 0.5) is 8.78 Å². The van der Waals surface area contributed by atoms with E-state index in [-0.39, 0.29) is 19.0 Å². The Morgan fingerprint density at radius 3 is 2.64 bits per heavy atom. The molecule has 0 aliphatic carbocycles. The molecule has 0 fully saturated rings. The van der Waals surface area contributed by atoms with Crippen LogP contribution >= 0.6 is 12.4 Å². The maximum Gasteiger partial charge on any atom is 0.277 e. The molecular formula is C12H15ClF2N6O. The summed E-state index contributed by atoms with van der Waals surface area (Å²) in [6.45, 7) is -1.93. The summed E-state index contributed by atoms with van der Waals surface area (Å²) >= 11 is 0. The molecule has 7 nitrogen and oxygen atoms in total. The first-order valence-electron chi connectivity index (χ1n) is 6.18. The number of carbonyl (C=O) groups excluding carboxylic acids is 1. The highest BCUT2D eigenvalue weighted by Crippen LogP contribution is 2.11. The number of alkyl halides is 2. The van der Waals surface area contributed by atoms with E-state index in [1.165, 1.54) is 0 Å². The minimum atomic E-state index is -3.12. The van der Waals surface area contributed by atoms with Crippen LogP contribution < -0.4 is 11.1 Å². The first kappa shape index (κ1) is 17.9. The molecule has 2 aromatic rings. The zero-order valence-corrected chi connectivity index (χ0v) is 12.3. The lowest BCUT2D eigenvalue weighted by Gasteiger charge is -2.13. The molecule has 22 heavy (non-hydrogen) atoms. The number of nitrogens with zero attached hydrogens (tertiary/aromatic N) is 4. The predicted octanol–water partition coefficient (Wildman–Crippen LogP) is 0.472. The molecule has 0 bridgehead atoms. The van der Waals surface area contributed by atoms with Crippen LogP contribution in [0.2, 0.25) is 0 Å². The van der Waals surface area contributed by atoms with Gasteiger partial charge < -0.3 is 11.1 Å². The molecule has 3 N–H and O–H groups in total. The van der Waals surface area contributed by atoms with E-state index in [1.54, 1.807) is 12.1 Å². The average Bonchev–Trinajstić information content (AvgIpc) is 2.95. The fourth-order valence-corrected chi connectivity index (χ4v) is 1.50. The monoisotopic (exact) mass is 332 g/mol. The Morgan fingerprint density at radius 2 is 2.00 bits per heavy atom. The number of benzene rings is 1. The smallest absolute Gasteiger partial charge is 0.277 e. The number of hydrogen-bond acceptors (Lipinski definition) is 5. The summed E-state index contributed by atoms with van der Waals surface area (Å²) in [4.78, 5) is 12.5. The largest absolute Gasteiger partial charge is 0.348 e. The van der Waals surface area contributed by atoms with Crippen molar-refractivity contribution < 1.29 is 13.6 Å². The second kappa shape index (κ2) is 7.76. The van der Waals surface area contributed by atoms with Crippen LogP contribution in [0.25, 0.3) is 11.4 Å². The van der Waals surface area contributed by atoms with Crippen LogP contribution in [0, 0.1) is 0 Å². The lowest BCUT2D eigenvalue weighted by atomic mass is 10.2. The Labute approximate surface area is 131 Å². The molecule has 0 radical (unpaired) electrons. The van der Waals surface area contributed by atoms with Gasteiger partial charge in [0.1, 0.15) is 6.54 Å². The van der Waals surface area contributed by atoms with Crippen molar-refractivity contribution in [2.24, 2.45) is 5.73 Å². The predicted molar refractivity (Wildman–Crippen MR) is 77.5 cm³/mol. The zero-order valence-electron chi connectivity index (χ0n) is 11.4. The van der Waals surface area contributed by atoms with Gasteiger partial charge in [-0.25, -0.2) is 8.78 Å². The van der Waals surface area contributed by atoms with Crippen molar-refractivity contribution in [3.63, 3.8) is 0 Å². The second-order valence-corrected chi connectivity index (χ2v) is 4.35. The molecule has 0 saturated heterocycles. The molecule has 1 aromatic heterocycles. The summed E-state index contributed by atoms with van der Waals surface area (Å²) < 4.78 is 25.8. The minimum absolute atomic E-state index is 0. The Balaban J connectivity index is 0.00000242. The Hall–Kier alpha value is -2.13. The third kappa shape index (κ3) is 5.01. The van der Waals surface area contributed by atoms with Gasteiger partial charge in [-0.05, 0) is 5.21 Å². The van der Waals surface area contributed by atoms with Gasteiger partial charge in [-0.2, -0.15) is 4.80 Å². The van der Waals surface area contributed by atoms with Crippen molar-refractivity contribution in [3.8, 4) is 11.4 Å². The van der Waals surface area contributed by atoms with Crippen molar-refractivity contribution in [2.45, 2.75) is 12.5 Å². The molecule has 0 unspecified atom stereocenters. The number of tetrazole rings is 1. The molecule has 120 valence electrons. The normalized spacial score (nSPS) is 10.9. The highest BCUT2D eigenvalue weighted by molar-refractivity contribution is 5.85. The summed E-state index contributed by atoms with van der Waals surface area (Å²) in [6.07, 6.45) is 0. The van der Waals surface area contributed by atoms with Crippen molar-refractivity contribution in [1.82, 2.24) is 25.5 Å². The summed E-state index contributed by atoms with van der Waals surface area (Å²) in [5.74, 6) is -3.41. The Morgan fingerprint density at radius 1 is 1.32 bits per heavy atom. The van der Waals surface area contributed by atoms with E-state index in [1.807, 2.05) is 18.2 Å². The molecule has 1 amide bonds. The maximum absolute atomic E-state index is 12.9. The van der Waals surface area contributed by atoms with E-state index in [9.17, 15) is 13.6 Å². The molecule has 0 saturated carbocycles. The third-order valence-electron chi connectivity index (χ3n) is 2.61. The van der Waals surface area contributed by atoms with E-state index in [2.05, 4.69) is 20.7 Å². The van der Waals surface area contributed by atoms with Crippen LogP contribution in [0.1, 0.15) is 0 Å². The lowest BCUT2D eigenvalue weighted by Crippen LogP contribution is -2.42. The summed E-state index contributed by atoms with van der Waals surface area (Å²) in [6, 6.07) is 9.07. The number of hydrogen-bond donors (Lipinski definition) is 2. The third-order valence-corrected chi connectivity index (χ3v) is 2.61. The summed E-state index contributed by atoms with van der Waals surface area (Å²) in [7, 11) is 0. The standard InChI is InChI=1S/C12H14F2N6O.ClH/c13-12(14,7-15)8-16-10(21)6-20-18-11(17-19-20)9-4-2-1-3-5-9;/h1-5H,6-8,15H2,(H,16,21);1H. The van der Waals surface area contributed by atoms with Crippen molar-refractivity contribution in [1.29, 1.82) is 0 Å². The first-order valence-corrected chi connectivity index (χ1v) is 6.18. The lowest BCUT2D eigenvalue weighted by molar-refractivity contribution is -0.123. The zero-order chi connectivity index (χ0) is 15.3. The van der Waals surface area contributed by atoms with E-state index < -0.39 is 24.9 Å². The number of halogens is 3. The quantitative estimate of drug-likeness (QED) is 0.801. The Kier molecular flexibility index (Phi) is 6.32. The van der Waals surface area contributed by atoms with Gasteiger partial charge in [0.15, 0.2) is 0 Å². The Bertz CT molecular complexity index is 607. The van der Waals surface area contributed by atoms with Crippen molar-refractivity contribution >= 4 is 18.3 Å². The van der Waals surface area contributed by atoms with Gasteiger partial charge in [0.2, 0.25) is 11.7 Å². The SMILES string of the molecule is Cl.NCC(F)(F)CNC(=O)Cn1nnc(-c2ccccc2)n1. The highest BCUT2D eigenvalue weighted by atomic mass is 35.5. The number of nitrogens with one attached hydrogen (secondary N) is 1. The second-order valence-electron chi connectivity index (χ2n) is 4.35. The van der Waals surface area contributed by atoms with Gasteiger partial charge in [0.05, 0.1) is 13.1 Å². The van der Waals surface area contributed by atoms with Crippen LogP contribution in [0.5, 0.6) is 0 Å². The molecule has 0 atom stereocenters. The highest BCUT2D eigenvalue weighted by Gasteiger charge is 2.27. The fraction of sp³-hybridized carbons (Fsp3) is 0.333. The van der Waals surface area contributed by atoms with E-state index in [0.29, 0.717) is 5.82 Å². The van der Waals surface area contributed by atoms with Crippen molar-refractivity contribution in [3.05, 3.63) is 30.3 Å². The fourth-order valence-electron chi connectivity index (χ4n) is 1.50. The van der Waals surface area contributed by atoms with Crippen LogP contribution in [-0.4, -0.2) is 45.1 Å². The van der Waals surface area contributed by atoms with Gasteiger partial charge in [-0.3, -0.25) is 4.79 Å². The molecule has 1 heterocycles. The molecule has 10 heteroatoms. The molecule has 0 aliphatic heterocycles. The number of rotatable bonds is 6. The molecule has 2 rings (SSSR count). The number of aromatic nitrogens is 4. The van der Waals surface area contributed by atoms with Crippen LogP contribution in [-0.2, 0) is 11.3 Å². The molecule has 0 aliphatic rings. The van der Waals surface area contributed by atoms with Gasteiger partial charge in [0, 0.05) is 5.56 Å². The molecule has 0 spiro atoms. The van der Waals surface area contributed by atoms with E-state index in [4.69, 9.17) is 5.73 Å². The number of amides is 1. The molecule has 1 aromatic carbocycles. The first-order chi connectivity index (χ1) is 10.00.